The zero-order chi connectivity index (χ0) is 62.6. The lowest BCUT2D eigenvalue weighted by Crippen LogP contribution is -2.54. The molecule has 0 radical (unpaired) electrons. The molecule has 15 rings (SSSR count). The summed E-state index contributed by atoms with van der Waals surface area (Å²) < 4.78 is 51.2. The highest BCUT2D eigenvalue weighted by molar-refractivity contribution is 6.14. The molecule has 2 aromatic heterocycles. The van der Waals surface area contributed by atoms with Crippen molar-refractivity contribution in [3.63, 3.8) is 0 Å². The molecule has 1 fully saturated rings. The van der Waals surface area contributed by atoms with Gasteiger partial charge in [-0.1, -0.05) is 176 Å². The molecule has 0 saturated carbocycles. The summed E-state index contributed by atoms with van der Waals surface area (Å²) in [5, 5.41) is 56.1. The Morgan fingerprint density at radius 1 is 0.293 bits per heavy atom. The highest BCUT2D eigenvalue weighted by Gasteiger charge is 2.34. The summed E-state index contributed by atoms with van der Waals surface area (Å²) in [6.45, 7) is 0. The minimum Gasteiger partial charge on any atom is -0.309 e. The van der Waals surface area contributed by atoms with Crippen LogP contribution in [0.3, 0.4) is 0 Å². The topological polar surface area (TPSA) is 141 Å². The van der Waals surface area contributed by atoms with Gasteiger partial charge in [0, 0.05) is 32.7 Å². The molecule has 12 aromatic carbocycles. The molecule has 0 aliphatic carbocycles. The van der Waals surface area contributed by atoms with Crippen LogP contribution in [-0.4, -0.2) is 9.13 Å². The second-order valence-electron chi connectivity index (χ2n) is 22.9. The van der Waals surface area contributed by atoms with Crippen molar-refractivity contribution in [2.75, 3.05) is 0 Å². The lowest BCUT2D eigenvalue weighted by Gasteiger charge is -2.40. The van der Waals surface area contributed by atoms with Gasteiger partial charge in [-0.25, -0.2) is 0 Å². The number of hydrogen-bond acceptors (Lipinski definition) is 7. The van der Waals surface area contributed by atoms with Crippen molar-refractivity contribution < 1.29 is 13.2 Å². The third-order valence-electron chi connectivity index (χ3n) is 17.7. The molecule has 14 aromatic rings. The first-order valence-corrected chi connectivity index (χ1v) is 30.0. The Labute approximate surface area is 527 Å². The Bertz CT molecular complexity index is 5190. The maximum atomic E-state index is 15.7. The van der Waals surface area contributed by atoms with E-state index < -0.39 is 17.9 Å². The van der Waals surface area contributed by atoms with Gasteiger partial charge < -0.3 is 9.13 Å². The first kappa shape index (κ1) is 56.4. The van der Waals surface area contributed by atoms with E-state index in [9.17, 15) is 21.0 Å². The van der Waals surface area contributed by atoms with Crippen LogP contribution in [0.25, 0.3) is 111 Å². The van der Waals surface area contributed by atoms with E-state index >= 15 is 13.2 Å². The predicted octanol–water partition coefficient (Wildman–Crippen LogP) is 18.9. The standard InChI is InChI=1S/C80H50F3N9/c81-80(82,83)60-32-34-66(76(44-60)92-73-37-30-53(63-25-13-9-21-58(63)47-86)41-69(73)70-42-54(31-38-74(70)92)64-26-14-10-22-59(64)48-87)65-33-27-55(79-89-77(49-15-3-1-4-16-49)88-78(90-79)50-17-5-2-6-18-50)43-75(65)91-71-35-28-51(61-23-11-7-19-56(61)45-84)39-67(71)68-40-52(29-36-72(68)91)62-24-12-8-20-57(62)46-85/h1-44,77-79,88-90H. The highest BCUT2D eigenvalue weighted by atomic mass is 19.4. The van der Waals surface area contributed by atoms with Gasteiger partial charge in [-0.15, -0.1) is 0 Å². The molecular formula is C80H50F3N9. The third kappa shape index (κ3) is 9.87. The van der Waals surface area contributed by atoms with Gasteiger partial charge in [-0.05, 0) is 152 Å². The summed E-state index contributed by atoms with van der Waals surface area (Å²) in [6.07, 6.45) is -5.91. The van der Waals surface area contributed by atoms with Crippen molar-refractivity contribution in [3.05, 3.63) is 311 Å². The fourth-order valence-electron chi connectivity index (χ4n) is 13.3. The quantitative estimate of drug-likeness (QED) is 0.124. The molecule has 92 heavy (non-hydrogen) atoms. The fraction of sp³-hybridized carbons (Fsp3) is 0.0500. The molecule has 2 atom stereocenters. The molecule has 12 heteroatoms. The third-order valence-corrected chi connectivity index (χ3v) is 17.7. The van der Waals surface area contributed by atoms with E-state index in [0.29, 0.717) is 61.2 Å². The number of nitrogens with one attached hydrogen (secondary N) is 3. The van der Waals surface area contributed by atoms with E-state index in [-0.39, 0.29) is 18.0 Å². The predicted molar refractivity (Wildman–Crippen MR) is 357 cm³/mol. The van der Waals surface area contributed by atoms with E-state index in [1.54, 1.807) is 30.3 Å². The van der Waals surface area contributed by atoms with Gasteiger partial charge in [-0.3, -0.25) is 16.0 Å². The average molecular weight is 1190 g/mol. The van der Waals surface area contributed by atoms with Gasteiger partial charge in [0.15, 0.2) is 0 Å². The molecule has 3 N–H and O–H groups in total. The van der Waals surface area contributed by atoms with Crippen molar-refractivity contribution in [1.82, 2.24) is 25.1 Å². The van der Waals surface area contributed by atoms with Crippen molar-refractivity contribution in [2.24, 2.45) is 0 Å². The molecule has 9 nitrogen and oxygen atoms in total. The Morgan fingerprint density at radius 2 is 0.598 bits per heavy atom. The Hall–Kier alpha value is -12.1. The van der Waals surface area contributed by atoms with E-state index in [2.05, 4.69) is 87.3 Å². The van der Waals surface area contributed by atoms with E-state index in [0.717, 1.165) is 88.7 Å². The van der Waals surface area contributed by atoms with Crippen LogP contribution in [-0.2, 0) is 6.18 Å². The van der Waals surface area contributed by atoms with Crippen LogP contribution in [0.2, 0.25) is 0 Å². The minimum atomic E-state index is -4.76. The second kappa shape index (κ2) is 23.1. The molecule has 436 valence electrons. The molecule has 1 aliphatic rings. The first-order chi connectivity index (χ1) is 45.1. The summed E-state index contributed by atoms with van der Waals surface area (Å²) in [5.41, 5.74) is 14.7. The molecular weight excluding hydrogens is 1140 g/mol. The Morgan fingerprint density at radius 3 is 0.935 bits per heavy atom. The molecule has 0 bridgehead atoms. The molecule has 0 amide bonds. The monoisotopic (exact) mass is 1190 g/mol. The highest BCUT2D eigenvalue weighted by Crippen LogP contribution is 2.47. The number of nitrogens with zero attached hydrogens (tertiary/aromatic N) is 6. The van der Waals surface area contributed by atoms with Gasteiger partial charge in [-0.2, -0.15) is 34.2 Å². The zero-order valence-electron chi connectivity index (χ0n) is 49.0. The summed E-state index contributed by atoms with van der Waals surface area (Å²) >= 11 is 0. The van der Waals surface area contributed by atoms with Crippen LogP contribution in [0.15, 0.2) is 267 Å². The Kier molecular flexibility index (Phi) is 14.2. The maximum absolute atomic E-state index is 15.7. The zero-order valence-corrected chi connectivity index (χ0v) is 49.0. The summed E-state index contributed by atoms with van der Waals surface area (Å²) in [6, 6.07) is 93.3. The van der Waals surface area contributed by atoms with Crippen LogP contribution >= 0.6 is 0 Å². The molecule has 3 heterocycles. The largest absolute Gasteiger partial charge is 0.416 e. The average Bonchev–Trinajstić information content (AvgIpc) is 1.55. The van der Waals surface area contributed by atoms with Crippen LogP contribution in [0.1, 0.15) is 63.0 Å². The van der Waals surface area contributed by atoms with Crippen molar-refractivity contribution in [1.29, 1.82) is 21.0 Å². The van der Waals surface area contributed by atoms with Crippen LogP contribution in [0.4, 0.5) is 13.2 Å². The van der Waals surface area contributed by atoms with Gasteiger partial charge in [0.1, 0.15) is 0 Å². The normalized spacial score (nSPS) is 14.8. The number of rotatable bonds is 10. The fourth-order valence-corrected chi connectivity index (χ4v) is 13.3. The van der Waals surface area contributed by atoms with Gasteiger partial charge >= 0.3 is 6.18 Å². The number of alkyl halides is 3. The number of aromatic nitrogens is 2. The molecule has 0 spiro atoms. The minimum absolute atomic E-state index is 0.252. The van der Waals surface area contributed by atoms with Gasteiger partial charge in [0.2, 0.25) is 0 Å². The molecule has 1 saturated heterocycles. The van der Waals surface area contributed by atoms with Crippen LogP contribution in [0, 0.1) is 45.3 Å². The van der Waals surface area contributed by atoms with E-state index in [1.165, 1.54) is 6.07 Å². The van der Waals surface area contributed by atoms with Crippen LogP contribution in [0.5, 0.6) is 0 Å². The lowest BCUT2D eigenvalue weighted by molar-refractivity contribution is -0.137. The van der Waals surface area contributed by atoms with E-state index in [4.69, 9.17) is 0 Å². The number of hydrogen-bond donors (Lipinski definition) is 3. The van der Waals surface area contributed by atoms with Crippen molar-refractivity contribution in [3.8, 4) is 91.3 Å². The summed E-state index contributed by atoms with van der Waals surface area (Å²) in [4.78, 5) is 0. The summed E-state index contributed by atoms with van der Waals surface area (Å²) in [7, 11) is 0. The number of nitriles is 4. The Balaban J connectivity index is 1.03. The number of fused-ring (bicyclic) bond motifs is 6. The van der Waals surface area contributed by atoms with Crippen molar-refractivity contribution >= 4 is 43.6 Å². The van der Waals surface area contributed by atoms with Gasteiger partial charge in [0.05, 0.1) is 104 Å². The maximum Gasteiger partial charge on any atom is 0.416 e. The van der Waals surface area contributed by atoms with Gasteiger partial charge in [0.25, 0.3) is 0 Å². The smallest absolute Gasteiger partial charge is 0.309 e. The number of halogens is 3. The van der Waals surface area contributed by atoms with Crippen LogP contribution < -0.4 is 16.0 Å². The van der Waals surface area contributed by atoms with E-state index in [1.807, 2.05) is 187 Å². The second-order valence-corrected chi connectivity index (χ2v) is 22.9. The molecule has 2 unspecified atom stereocenters. The van der Waals surface area contributed by atoms with Crippen molar-refractivity contribution in [2.45, 2.75) is 24.7 Å². The molecule has 1 aliphatic heterocycles. The lowest BCUT2D eigenvalue weighted by atomic mass is 9.95. The summed E-state index contributed by atoms with van der Waals surface area (Å²) in [5.74, 6) is 0. The SMILES string of the molecule is N#Cc1ccccc1-c1ccc2c(c1)c1cc(-c3ccccc3C#N)ccc1n2-c1cc(C2NC(c3ccccc3)NC(c3ccccc3)N2)ccc1-c1ccc(C(F)(F)F)cc1-n1c2ccc(-c3ccccc3C#N)cc2c2cc(-c3ccccc3C#N)ccc21. The number of benzene rings is 12. The first-order valence-electron chi connectivity index (χ1n) is 30.0.